The normalized spacial score (nSPS) is 15.8. The number of nitrogens with one attached hydrogen (secondary N) is 1. The quantitative estimate of drug-likeness (QED) is 0.401. The molecule has 1 aliphatic rings. The number of nitrogens with zero attached hydrogens (tertiary/aromatic N) is 3. The molecular weight excluding hydrogens is 468 g/mol. The maximum atomic E-state index is 13.6. The fourth-order valence-corrected chi connectivity index (χ4v) is 5.06. The number of piperidine rings is 1. The molecule has 0 radical (unpaired) electrons. The van der Waals surface area contributed by atoms with Crippen LogP contribution < -0.4 is 5.32 Å². The first-order valence-corrected chi connectivity index (χ1v) is 13.3. The van der Waals surface area contributed by atoms with Crippen molar-refractivity contribution in [2.75, 3.05) is 19.3 Å². The molecule has 2 aromatic heterocycles. The highest BCUT2D eigenvalue weighted by Crippen LogP contribution is 2.28. The van der Waals surface area contributed by atoms with E-state index in [1.165, 1.54) is 5.54 Å². The number of carbonyl (C=O) groups is 1. The summed E-state index contributed by atoms with van der Waals surface area (Å²) >= 11 is 7.23. The molecule has 8 heteroatoms. The van der Waals surface area contributed by atoms with Crippen molar-refractivity contribution < 1.29 is 9.32 Å². The molecule has 1 aromatic carbocycles. The molecule has 6 nitrogen and oxygen atoms in total. The summed E-state index contributed by atoms with van der Waals surface area (Å²) in [6.07, 6.45) is 7.56. The van der Waals surface area contributed by atoms with Crippen LogP contribution in [0.15, 0.2) is 58.6 Å². The topological polar surface area (TPSA) is 63.3 Å². The summed E-state index contributed by atoms with van der Waals surface area (Å²) in [5.74, 6) is 0.751. The number of para-hydroxylation sites is 1. The molecule has 1 aliphatic heterocycles. The maximum absolute atomic E-state index is 13.6. The van der Waals surface area contributed by atoms with E-state index in [4.69, 9.17) is 16.1 Å². The molecule has 0 spiro atoms. The first-order valence-electron chi connectivity index (χ1n) is 11.6. The van der Waals surface area contributed by atoms with Gasteiger partial charge >= 0.3 is 0 Å². The van der Waals surface area contributed by atoms with Crippen molar-refractivity contribution in [2.45, 2.75) is 45.3 Å². The van der Waals surface area contributed by atoms with E-state index in [1.807, 2.05) is 53.6 Å². The minimum absolute atomic E-state index is 0.0693. The van der Waals surface area contributed by atoms with Crippen molar-refractivity contribution in [3.05, 3.63) is 71.2 Å². The van der Waals surface area contributed by atoms with Gasteiger partial charge in [-0.15, -0.1) is 11.8 Å². The number of hydrogen-bond donors (Lipinski definition) is 1. The molecule has 0 aliphatic carbocycles. The first kappa shape index (κ1) is 24.6. The van der Waals surface area contributed by atoms with Gasteiger partial charge in [0.1, 0.15) is 11.4 Å². The lowest BCUT2D eigenvalue weighted by Gasteiger charge is -2.33. The Bertz CT molecular complexity index is 1190. The van der Waals surface area contributed by atoms with Crippen LogP contribution in [0.4, 0.5) is 0 Å². The lowest BCUT2D eigenvalue weighted by Crippen LogP contribution is -2.47. The van der Waals surface area contributed by atoms with Crippen molar-refractivity contribution >= 4 is 45.1 Å². The standard InChI is InChI=1S/C26H31ClN4O2S/c1-18(2)28-20-10-13-30(14-11-20)26(32)23-15-19-7-4-5-8-22(19)31(23)17-21-16-24(33-29-21)25(34-3)9-6-12-27/h4-9,12,15-16,18,20,28H,10-11,13-14,17H2,1-3H3/b12-6+,25-9-. The zero-order chi connectivity index (χ0) is 24.1. The summed E-state index contributed by atoms with van der Waals surface area (Å²) in [5.41, 5.74) is 3.92. The highest BCUT2D eigenvalue weighted by Gasteiger charge is 2.27. The number of rotatable bonds is 8. The van der Waals surface area contributed by atoms with E-state index in [9.17, 15) is 4.79 Å². The van der Waals surface area contributed by atoms with Gasteiger partial charge in [-0.1, -0.05) is 48.8 Å². The monoisotopic (exact) mass is 498 g/mol. The van der Waals surface area contributed by atoms with Crippen LogP contribution in [0, 0.1) is 0 Å². The molecular formula is C26H31ClN4O2S. The second-order valence-corrected chi connectivity index (χ2v) is 9.90. The maximum Gasteiger partial charge on any atom is 0.270 e. The van der Waals surface area contributed by atoms with E-state index >= 15 is 0 Å². The van der Waals surface area contributed by atoms with Gasteiger partial charge in [-0.05, 0) is 43.4 Å². The van der Waals surface area contributed by atoms with Crippen molar-refractivity contribution in [1.29, 1.82) is 0 Å². The molecule has 0 bridgehead atoms. The average molecular weight is 499 g/mol. The van der Waals surface area contributed by atoms with Gasteiger partial charge in [-0.25, -0.2) is 0 Å². The van der Waals surface area contributed by atoms with Gasteiger partial charge < -0.3 is 19.3 Å². The fraction of sp³-hybridized carbons (Fsp3) is 0.385. The molecule has 0 atom stereocenters. The van der Waals surface area contributed by atoms with Crippen LogP contribution in [0.5, 0.6) is 0 Å². The lowest BCUT2D eigenvalue weighted by atomic mass is 10.0. The Morgan fingerprint density at radius 3 is 2.76 bits per heavy atom. The molecule has 1 fully saturated rings. The Balaban J connectivity index is 1.59. The summed E-state index contributed by atoms with van der Waals surface area (Å²) in [5, 5.41) is 8.93. The molecule has 0 unspecified atom stereocenters. The molecule has 0 saturated carbocycles. The van der Waals surface area contributed by atoms with Gasteiger partial charge in [0.2, 0.25) is 0 Å². The molecule has 1 N–H and O–H groups in total. The van der Waals surface area contributed by atoms with E-state index in [-0.39, 0.29) is 5.91 Å². The number of aromatic nitrogens is 2. The number of benzene rings is 1. The van der Waals surface area contributed by atoms with Gasteiger partial charge in [0, 0.05) is 47.7 Å². The van der Waals surface area contributed by atoms with E-state index in [1.54, 1.807) is 17.8 Å². The van der Waals surface area contributed by atoms with Crippen LogP contribution in [0.1, 0.15) is 48.6 Å². The highest BCUT2D eigenvalue weighted by atomic mass is 35.5. The van der Waals surface area contributed by atoms with Crippen LogP contribution in [-0.4, -0.2) is 52.0 Å². The Morgan fingerprint density at radius 1 is 1.29 bits per heavy atom. The van der Waals surface area contributed by atoms with Crippen LogP contribution >= 0.6 is 23.4 Å². The van der Waals surface area contributed by atoms with Crippen LogP contribution in [0.3, 0.4) is 0 Å². The first-order chi connectivity index (χ1) is 16.5. The van der Waals surface area contributed by atoms with E-state index in [2.05, 4.69) is 28.9 Å². The number of allylic oxidation sites excluding steroid dienone is 2. The number of halogens is 1. The number of carbonyl (C=O) groups excluding carboxylic acids is 1. The summed E-state index contributed by atoms with van der Waals surface area (Å²) in [6.45, 7) is 6.30. The summed E-state index contributed by atoms with van der Waals surface area (Å²) in [4.78, 5) is 16.5. The summed E-state index contributed by atoms with van der Waals surface area (Å²) in [7, 11) is 0. The second kappa shape index (κ2) is 11.3. The van der Waals surface area contributed by atoms with Crippen molar-refractivity contribution in [2.24, 2.45) is 0 Å². The number of fused-ring (bicyclic) bond motifs is 1. The average Bonchev–Trinajstić information content (AvgIpc) is 3.45. The minimum atomic E-state index is 0.0693. The van der Waals surface area contributed by atoms with Gasteiger partial charge in [-0.3, -0.25) is 4.79 Å². The zero-order valence-corrected chi connectivity index (χ0v) is 21.4. The molecule has 180 valence electrons. The second-order valence-electron chi connectivity index (χ2n) is 8.80. The molecule has 4 rings (SSSR count). The van der Waals surface area contributed by atoms with E-state index in [0.717, 1.165) is 47.4 Å². The van der Waals surface area contributed by atoms with Crippen molar-refractivity contribution in [1.82, 2.24) is 19.9 Å². The minimum Gasteiger partial charge on any atom is -0.355 e. The van der Waals surface area contributed by atoms with E-state index in [0.29, 0.717) is 30.1 Å². The van der Waals surface area contributed by atoms with Gasteiger partial charge in [-0.2, -0.15) is 0 Å². The van der Waals surface area contributed by atoms with Crippen molar-refractivity contribution in [3.8, 4) is 0 Å². The Labute approximate surface area is 210 Å². The van der Waals surface area contributed by atoms with Gasteiger partial charge in [0.05, 0.1) is 11.4 Å². The summed E-state index contributed by atoms with van der Waals surface area (Å²) in [6, 6.07) is 12.9. The number of likely N-dealkylation sites (tertiary alicyclic amines) is 1. The number of hydrogen-bond acceptors (Lipinski definition) is 5. The van der Waals surface area contributed by atoms with Crippen LogP contribution in [-0.2, 0) is 6.54 Å². The zero-order valence-electron chi connectivity index (χ0n) is 19.8. The predicted molar refractivity (Wildman–Crippen MR) is 141 cm³/mol. The Morgan fingerprint density at radius 2 is 2.06 bits per heavy atom. The van der Waals surface area contributed by atoms with Crippen LogP contribution in [0.2, 0.25) is 0 Å². The highest BCUT2D eigenvalue weighted by molar-refractivity contribution is 8.07. The third-order valence-electron chi connectivity index (χ3n) is 6.04. The summed E-state index contributed by atoms with van der Waals surface area (Å²) < 4.78 is 7.66. The lowest BCUT2D eigenvalue weighted by molar-refractivity contribution is 0.0693. The molecule has 3 heterocycles. The van der Waals surface area contributed by atoms with Gasteiger partial charge in [0.15, 0.2) is 5.76 Å². The molecule has 1 saturated heterocycles. The molecule has 34 heavy (non-hydrogen) atoms. The largest absolute Gasteiger partial charge is 0.355 e. The molecule has 3 aromatic rings. The SMILES string of the molecule is CS/C(=C\C=C\Cl)c1cc(Cn2c(C(=O)N3CCC(NC(C)C)CC3)cc3ccccc32)no1. The Kier molecular flexibility index (Phi) is 8.19. The van der Waals surface area contributed by atoms with E-state index < -0.39 is 0 Å². The smallest absolute Gasteiger partial charge is 0.270 e. The van der Waals surface area contributed by atoms with Crippen LogP contribution in [0.25, 0.3) is 15.8 Å². The number of amides is 1. The number of thioether (sulfide) groups is 1. The molecule has 1 amide bonds. The Hall–Kier alpha value is -2.48. The van der Waals surface area contributed by atoms with Crippen molar-refractivity contribution in [3.63, 3.8) is 0 Å². The third-order valence-corrected chi connectivity index (χ3v) is 6.97. The fourth-order valence-electron chi connectivity index (χ4n) is 4.48. The van der Waals surface area contributed by atoms with Gasteiger partial charge in [0.25, 0.3) is 5.91 Å². The predicted octanol–water partition coefficient (Wildman–Crippen LogP) is 5.74. The third kappa shape index (κ3) is 5.59.